The Morgan fingerprint density at radius 2 is 2.40 bits per heavy atom. The number of hydrogen-bond donors (Lipinski definition) is 1. The molecule has 1 fully saturated rings. The third-order valence-corrected chi connectivity index (χ3v) is 4.45. The SMILES string of the molecule is CCC1CCC(c2nc(CNC)cs2)C1. The summed E-state index contributed by atoms with van der Waals surface area (Å²) < 4.78 is 0. The molecule has 1 aromatic rings. The lowest BCUT2D eigenvalue weighted by Gasteiger charge is -2.06. The second kappa shape index (κ2) is 5.08. The van der Waals surface area contributed by atoms with Gasteiger partial charge in [0, 0.05) is 17.8 Å². The molecule has 2 unspecified atom stereocenters. The van der Waals surface area contributed by atoms with Crippen molar-refractivity contribution in [3.63, 3.8) is 0 Å². The van der Waals surface area contributed by atoms with Crippen molar-refractivity contribution in [1.29, 1.82) is 0 Å². The summed E-state index contributed by atoms with van der Waals surface area (Å²) >= 11 is 1.85. The van der Waals surface area contributed by atoms with Gasteiger partial charge in [-0.1, -0.05) is 13.3 Å². The molecule has 1 heterocycles. The molecule has 2 rings (SSSR count). The highest BCUT2D eigenvalue weighted by molar-refractivity contribution is 7.09. The predicted molar refractivity (Wildman–Crippen MR) is 65.3 cm³/mol. The Kier molecular flexibility index (Phi) is 3.76. The van der Waals surface area contributed by atoms with Crippen LogP contribution in [0.15, 0.2) is 5.38 Å². The van der Waals surface area contributed by atoms with Crippen LogP contribution in [0.25, 0.3) is 0 Å². The normalized spacial score (nSPS) is 26.0. The Morgan fingerprint density at radius 1 is 1.53 bits per heavy atom. The topological polar surface area (TPSA) is 24.9 Å². The van der Waals surface area contributed by atoms with E-state index in [-0.39, 0.29) is 0 Å². The van der Waals surface area contributed by atoms with Crippen molar-refractivity contribution in [1.82, 2.24) is 10.3 Å². The van der Waals surface area contributed by atoms with E-state index in [1.807, 2.05) is 18.4 Å². The molecule has 0 aromatic carbocycles. The lowest BCUT2D eigenvalue weighted by molar-refractivity contribution is 0.520. The summed E-state index contributed by atoms with van der Waals surface area (Å²) in [5.74, 6) is 1.71. The van der Waals surface area contributed by atoms with Gasteiger partial charge < -0.3 is 5.32 Å². The zero-order valence-electron chi connectivity index (χ0n) is 9.62. The first-order valence-electron chi connectivity index (χ1n) is 5.92. The number of hydrogen-bond acceptors (Lipinski definition) is 3. The van der Waals surface area contributed by atoms with Crippen LogP contribution in [0.3, 0.4) is 0 Å². The molecular formula is C12H20N2S. The summed E-state index contributed by atoms with van der Waals surface area (Å²) in [7, 11) is 1.97. The number of nitrogens with one attached hydrogen (secondary N) is 1. The van der Waals surface area contributed by atoms with Gasteiger partial charge in [-0.15, -0.1) is 11.3 Å². The summed E-state index contributed by atoms with van der Waals surface area (Å²) in [5.41, 5.74) is 1.21. The first kappa shape index (κ1) is 11.1. The zero-order valence-corrected chi connectivity index (χ0v) is 10.4. The smallest absolute Gasteiger partial charge is 0.0959 e. The molecule has 1 aliphatic carbocycles. The van der Waals surface area contributed by atoms with Crippen LogP contribution in [0, 0.1) is 5.92 Å². The number of aromatic nitrogens is 1. The lowest BCUT2D eigenvalue weighted by atomic mass is 10.0. The first-order valence-corrected chi connectivity index (χ1v) is 6.80. The minimum Gasteiger partial charge on any atom is -0.314 e. The van der Waals surface area contributed by atoms with E-state index in [0.717, 1.165) is 18.4 Å². The average Bonchev–Trinajstić information content (AvgIpc) is 2.85. The minimum absolute atomic E-state index is 0.755. The molecule has 3 heteroatoms. The van der Waals surface area contributed by atoms with Crippen LogP contribution >= 0.6 is 11.3 Å². The van der Waals surface area contributed by atoms with Gasteiger partial charge in [0.1, 0.15) is 0 Å². The van der Waals surface area contributed by atoms with E-state index in [1.54, 1.807) is 0 Å². The van der Waals surface area contributed by atoms with Crippen molar-refractivity contribution in [2.24, 2.45) is 5.92 Å². The largest absolute Gasteiger partial charge is 0.314 e. The second-order valence-electron chi connectivity index (χ2n) is 4.49. The molecule has 0 aliphatic heterocycles. The van der Waals surface area contributed by atoms with Gasteiger partial charge in [0.25, 0.3) is 0 Å². The molecule has 15 heavy (non-hydrogen) atoms. The molecular weight excluding hydrogens is 204 g/mol. The molecule has 0 bridgehead atoms. The molecule has 1 N–H and O–H groups in total. The molecule has 0 saturated heterocycles. The highest BCUT2D eigenvalue weighted by Crippen LogP contribution is 2.40. The molecule has 0 radical (unpaired) electrons. The van der Waals surface area contributed by atoms with E-state index >= 15 is 0 Å². The summed E-state index contributed by atoms with van der Waals surface area (Å²) in [6.07, 6.45) is 5.46. The molecule has 84 valence electrons. The first-order chi connectivity index (χ1) is 7.33. The Labute approximate surface area is 96.1 Å². The average molecular weight is 224 g/mol. The van der Waals surface area contributed by atoms with Gasteiger partial charge in [-0.2, -0.15) is 0 Å². The fourth-order valence-electron chi connectivity index (χ4n) is 2.44. The van der Waals surface area contributed by atoms with E-state index in [9.17, 15) is 0 Å². The third kappa shape index (κ3) is 2.58. The summed E-state index contributed by atoms with van der Waals surface area (Å²) in [4.78, 5) is 4.71. The molecule has 0 spiro atoms. The maximum Gasteiger partial charge on any atom is 0.0959 e. The van der Waals surface area contributed by atoms with E-state index in [1.165, 1.54) is 36.4 Å². The van der Waals surface area contributed by atoms with Gasteiger partial charge in [0.15, 0.2) is 0 Å². The number of nitrogens with zero attached hydrogens (tertiary/aromatic N) is 1. The number of rotatable bonds is 4. The molecule has 1 aliphatic rings. The Hall–Kier alpha value is -0.410. The van der Waals surface area contributed by atoms with Gasteiger partial charge in [-0.25, -0.2) is 4.98 Å². The van der Waals surface area contributed by atoms with Gasteiger partial charge >= 0.3 is 0 Å². The van der Waals surface area contributed by atoms with Crippen LogP contribution in [0.4, 0.5) is 0 Å². The fourth-order valence-corrected chi connectivity index (χ4v) is 3.41. The zero-order chi connectivity index (χ0) is 10.7. The van der Waals surface area contributed by atoms with E-state index in [0.29, 0.717) is 0 Å². The van der Waals surface area contributed by atoms with Crippen molar-refractivity contribution in [2.75, 3.05) is 7.05 Å². The van der Waals surface area contributed by atoms with Crippen LogP contribution in [-0.2, 0) is 6.54 Å². The van der Waals surface area contributed by atoms with Gasteiger partial charge in [0.05, 0.1) is 10.7 Å². The maximum atomic E-state index is 4.71. The quantitative estimate of drug-likeness (QED) is 0.850. The summed E-state index contributed by atoms with van der Waals surface area (Å²) in [6, 6.07) is 0. The van der Waals surface area contributed by atoms with E-state index < -0.39 is 0 Å². The van der Waals surface area contributed by atoms with Crippen molar-refractivity contribution < 1.29 is 0 Å². The number of thiazole rings is 1. The van der Waals surface area contributed by atoms with E-state index in [4.69, 9.17) is 4.98 Å². The third-order valence-electron chi connectivity index (χ3n) is 3.40. The van der Waals surface area contributed by atoms with Gasteiger partial charge in [-0.05, 0) is 32.2 Å². The Bertz CT molecular complexity index is 308. The van der Waals surface area contributed by atoms with Crippen LogP contribution in [-0.4, -0.2) is 12.0 Å². The van der Waals surface area contributed by atoms with Crippen LogP contribution < -0.4 is 5.32 Å². The lowest BCUT2D eigenvalue weighted by Crippen LogP contribution is -2.05. The standard InChI is InChI=1S/C12H20N2S/c1-3-9-4-5-10(6-9)12-14-11(7-13-2)8-15-12/h8-10,13H,3-7H2,1-2H3. The molecule has 0 amide bonds. The van der Waals surface area contributed by atoms with Crippen LogP contribution in [0.5, 0.6) is 0 Å². The summed E-state index contributed by atoms with van der Waals surface area (Å²) in [5, 5.41) is 6.72. The van der Waals surface area contributed by atoms with Crippen molar-refractivity contribution in [2.45, 2.75) is 45.1 Å². The second-order valence-corrected chi connectivity index (χ2v) is 5.38. The highest BCUT2D eigenvalue weighted by atomic mass is 32.1. The maximum absolute atomic E-state index is 4.71. The van der Waals surface area contributed by atoms with E-state index in [2.05, 4.69) is 17.6 Å². The van der Waals surface area contributed by atoms with Crippen molar-refractivity contribution >= 4 is 11.3 Å². The Balaban J connectivity index is 1.97. The van der Waals surface area contributed by atoms with Crippen molar-refractivity contribution in [3.8, 4) is 0 Å². The Morgan fingerprint density at radius 3 is 3.07 bits per heavy atom. The van der Waals surface area contributed by atoms with Crippen molar-refractivity contribution in [3.05, 3.63) is 16.1 Å². The molecule has 1 aromatic heterocycles. The van der Waals surface area contributed by atoms with Gasteiger partial charge in [-0.3, -0.25) is 0 Å². The molecule has 2 atom stereocenters. The molecule has 1 saturated carbocycles. The predicted octanol–water partition coefficient (Wildman–Crippen LogP) is 3.16. The van der Waals surface area contributed by atoms with Gasteiger partial charge in [0.2, 0.25) is 0 Å². The summed E-state index contributed by atoms with van der Waals surface area (Å²) in [6.45, 7) is 3.21. The molecule has 2 nitrogen and oxygen atoms in total. The minimum atomic E-state index is 0.755. The highest BCUT2D eigenvalue weighted by Gasteiger charge is 2.26. The van der Waals surface area contributed by atoms with Crippen LogP contribution in [0.1, 0.15) is 49.2 Å². The fraction of sp³-hybridized carbons (Fsp3) is 0.750. The monoisotopic (exact) mass is 224 g/mol. The van der Waals surface area contributed by atoms with Crippen LogP contribution in [0.2, 0.25) is 0 Å².